The van der Waals surface area contributed by atoms with Crippen LogP contribution in [-0.4, -0.2) is 17.7 Å². The molecule has 0 bridgehead atoms. The fourth-order valence-corrected chi connectivity index (χ4v) is 1.29. The van der Waals surface area contributed by atoms with Gasteiger partial charge in [-0.1, -0.05) is 20.8 Å². The Morgan fingerprint density at radius 2 is 1.94 bits per heavy atom. The van der Waals surface area contributed by atoms with Gasteiger partial charge in [-0.25, -0.2) is 0 Å². The molecule has 0 radical (unpaired) electrons. The smallest absolute Gasteiger partial charge is 0.240 e. The maximum atomic E-state index is 5.79. The average Bonchev–Trinajstić information content (AvgIpc) is 2.20. The van der Waals surface area contributed by atoms with Gasteiger partial charge in [0.2, 0.25) is 11.8 Å². The SMILES string of the molecule is CC(C)Oc1nc(OCCC(C)(C)C)ccc1N. The standard InChI is InChI=1S/C14H24N2O2/c1-10(2)18-13-11(15)6-7-12(16-13)17-9-8-14(3,4)5/h6-7,10H,8-9,15H2,1-5H3. The molecule has 1 rings (SSSR count). The quantitative estimate of drug-likeness (QED) is 0.873. The van der Waals surface area contributed by atoms with Crippen molar-refractivity contribution in [2.24, 2.45) is 5.41 Å². The third-order valence-corrected chi connectivity index (χ3v) is 2.31. The van der Waals surface area contributed by atoms with E-state index >= 15 is 0 Å². The predicted octanol–water partition coefficient (Wildman–Crippen LogP) is 3.27. The van der Waals surface area contributed by atoms with E-state index in [4.69, 9.17) is 15.2 Å². The van der Waals surface area contributed by atoms with Crippen molar-refractivity contribution >= 4 is 5.69 Å². The normalized spacial score (nSPS) is 11.7. The van der Waals surface area contributed by atoms with E-state index in [0.717, 1.165) is 6.42 Å². The van der Waals surface area contributed by atoms with E-state index < -0.39 is 0 Å². The number of hydrogen-bond acceptors (Lipinski definition) is 4. The Morgan fingerprint density at radius 1 is 1.28 bits per heavy atom. The molecule has 2 N–H and O–H groups in total. The summed E-state index contributed by atoms with van der Waals surface area (Å²) in [6.07, 6.45) is 1.02. The summed E-state index contributed by atoms with van der Waals surface area (Å²) in [5.74, 6) is 1.00. The summed E-state index contributed by atoms with van der Waals surface area (Å²) in [6, 6.07) is 3.53. The van der Waals surface area contributed by atoms with Crippen molar-refractivity contribution in [2.45, 2.75) is 47.1 Å². The maximum Gasteiger partial charge on any atom is 0.240 e. The second-order valence-electron chi connectivity index (χ2n) is 5.87. The summed E-state index contributed by atoms with van der Waals surface area (Å²) in [4.78, 5) is 4.26. The highest BCUT2D eigenvalue weighted by atomic mass is 16.5. The van der Waals surface area contributed by atoms with Crippen molar-refractivity contribution in [2.75, 3.05) is 12.3 Å². The molecule has 1 aromatic heterocycles. The van der Waals surface area contributed by atoms with Crippen molar-refractivity contribution in [3.63, 3.8) is 0 Å². The van der Waals surface area contributed by atoms with Crippen LogP contribution in [0.1, 0.15) is 41.0 Å². The number of ether oxygens (including phenoxy) is 2. The number of nitrogens with zero attached hydrogens (tertiary/aromatic N) is 1. The van der Waals surface area contributed by atoms with Gasteiger partial charge >= 0.3 is 0 Å². The first-order chi connectivity index (χ1) is 8.28. The van der Waals surface area contributed by atoms with E-state index in [0.29, 0.717) is 24.1 Å². The molecule has 1 aromatic rings. The summed E-state index contributed by atoms with van der Waals surface area (Å²) in [5.41, 5.74) is 6.58. The maximum absolute atomic E-state index is 5.79. The lowest BCUT2D eigenvalue weighted by atomic mass is 9.93. The molecule has 0 spiro atoms. The Kier molecular flexibility index (Phi) is 4.82. The van der Waals surface area contributed by atoms with Crippen LogP contribution in [0.4, 0.5) is 5.69 Å². The van der Waals surface area contributed by atoms with Gasteiger partial charge in [-0.2, -0.15) is 4.98 Å². The van der Waals surface area contributed by atoms with Gasteiger partial charge in [0.15, 0.2) is 0 Å². The first-order valence-electron chi connectivity index (χ1n) is 6.34. The van der Waals surface area contributed by atoms with E-state index in [-0.39, 0.29) is 11.5 Å². The van der Waals surface area contributed by atoms with Crippen LogP contribution >= 0.6 is 0 Å². The minimum absolute atomic E-state index is 0.0459. The summed E-state index contributed by atoms with van der Waals surface area (Å²) < 4.78 is 11.1. The lowest BCUT2D eigenvalue weighted by Crippen LogP contribution is -2.12. The zero-order chi connectivity index (χ0) is 13.8. The molecule has 0 aliphatic heterocycles. The minimum Gasteiger partial charge on any atom is -0.478 e. The van der Waals surface area contributed by atoms with Crippen LogP contribution in [0, 0.1) is 5.41 Å². The van der Waals surface area contributed by atoms with Gasteiger partial charge in [0.1, 0.15) is 0 Å². The summed E-state index contributed by atoms with van der Waals surface area (Å²) in [6.45, 7) is 11.1. The molecule has 18 heavy (non-hydrogen) atoms. The first kappa shape index (κ1) is 14.6. The van der Waals surface area contributed by atoms with Crippen molar-refractivity contribution in [3.8, 4) is 11.8 Å². The molecule has 0 unspecified atom stereocenters. The summed E-state index contributed by atoms with van der Waals surface area (Å²) in [7, 11) is 0. The highest BCUT2D eigenvalue weighted by molar-refractivity contribution is 5.49. The molecule has 0 fully saturated rings. The van der Waals surface area contributed by atoms with E-state index in [9.17, 15) is 0 Å². The molecular formula is C14H24N2O2. The second kappa shape index (κ2) is 5.94. The molecule has 0 aliphatic carbocycles. The van der Waals surface area contributed by atoms with E-state index in [1.54, 1.807) is 12.1 Å². The van der Waals surface area contributed by atoms with E-state index in [2.05, 4.69) is 25.8 Å². The lowest BCUT2D eigenvalue weighted by Gasteiger charge is -2.18. The largest absolute Gasteiger partial charge is 0.478 e. The zero-order valence-corrected chi connectivity index (χ0v) is 12.0. The van der Waals surface area contributed by atoms with Crippen LogP contribution in [0.3, 0.4) is 0 Å². The molecule has 0 amide bonds. The molecule has 0 atom stereocenters. The van der Waals surface area contributed by atoms with Crippen LogP contribution < -0.4 is 15.2 Å². The Hall–Kier alpha value is -1.45. The van der Waals surface area contributed by atoms with Crippen LogP contribution in [0.5, 0.6) is 11.8 Å². The average molecular weight is 252 g/mol. The Morgan fingerprint density at radius 3 is 2.50 bits per heavy atom. The zero-order valence-electron chi connectivity index (χ0n) is 12.0. The third-order valence-electron chi connectivity index (χ3n) is 2.31. The summed E-state index contributed by atoms with van der Waals surface area (Å²) in [5, 5.41) is 0. The van der Waals surface area contributed by atoms with Crippen molar-refractivity contribution < 1.29 is 9.47 Å². The number of pyridine rings is 1. The van der Waals surface area contributed by atoms with Gasteiger partial charge in [0.05, 0.1) is 18.4 Å². The molecule has 0 saturated heterocycles. The summed E-state index contributed by atoms with van der Waals surface area (Å²) >= 11 is 0. The van der Waals surface area contributed by atoms with Crippen molar-refractivity contribution in [3.05, 3.63) is 12.1 Å². The Balaban J connectivity index is 2.61. The molecule has 0 saturated carbocycles. The first-order valence-corrected chi connectivity index (χ1v) is 6.34. The highest BCUT2D eigenvalue weighted by Crippen LogP contribution is 2.24. The lowest BCUT2D eigenvalue weighted by molar-refractivity contribution is 0.217. The van der Waals surface area contributed by atoms with E-state index in [1.807, 2.05) is 13.8 Å². The number of hydrogen-bond donors (Lipinski definition) is 1. The fourth-order valence-electron chi connectivity index (χ4n) is 1.29. The van der Waals surface area contributed by atoms with Crippen LogP contribution in [0.2, 0.25) is 0 Å². The van der Waals surface area contributed by atoms with Gasteiger partial charge in [0.25, 0.3) is 0 Å². The molecule has 4 nitrogen and oxygen atoms in total. The van der Waals surface area contributed by atoms with Crippen LogP contribution in [0.15, 0.2) is 12.1 Å². The molecule has 0 aromatic carbocycles. The molecule has 0 aliphatic rings. The van der Waals surface area contributed by atoms with Gasteiger partial charge < -0.3 is 15.2 Å². The van der Waals surface area contributed by atoms with Gasteiger partial charge in [-0.05, 0) is 31.7 Å². The third kappa shape index (κ3) is 5.25. The monoisotopic (exact) mass is 252 g/mol. The Labute approximate surface area is 110 Å². The molecular weight excluding hydrogens is 228 g/mol. The van der Waals surface area contributed by atoms with Gasteiger partial charge in [-0.3, -0.25) is 0 Å². The minimum atomic E-state index is 0.0459. The Bertz CT molecular complexity index is 384. The highest BCUT2D eigenvalue weighted by Gasteiger charge is 2.11. The number of nitrogen functional groups attached to an aromatic ring is 1. The van der Waals surface area contributed by atoms with Crippen molar-refractivity contribution in [1.82, 2.24) is 4.98 Å². The number of rotatable bonds is 5. The van der Waals surface area contributed by atoms with E-state index in [1.165, 1.54) is 0 Å². The predicted molar refractivity (Wildman–Crippen MR) is 74.0 cm³/mol. The molecule has 102 valence electrons. The van der Waals surface area contributed by atoms with Crippen LogP contribution in [0.25, 0.3) is 0 Å². The molecule has 1 heterocycles. The number of nitrogens with two attached hydrogens (primary N) is 1. The van der Waals surface area contributed by atoms with Crippen molar-refractivity contribution in [1.29, 1.82) is 0 Å². The second-order valence-corrected chi connectivity index (χ2v) is 5.87. The molecule has 4 heteroatoms. The van der Waals surface area contributed by atoms with Gasteiger partial charge in [-0.15, -0.1) is 0 Å². The van der Waals surface area contributed by atoms with Crippen LogP contribution in [-0.2, 0) is 0 Å². The van der Waals surface area contributed by atoms with Gasteiger partial charge in [0, 0.05) is 6.07 Å². The number of anilines is 1. The topological polar surface area (TPSA) is 57.4 Å². The fraction of sp³-hybridized carbons (Fsp3) is 0.643. The number of aromatic nitrogens is 1.